The predicted molar refractivity (Wildman–Crippen MR) is 143 cm³/mol. The summed E-state index contributed by atoms with van der Waals surface area (Å²) in [4.78, 5) is 12.4. The average Bonchev–Trinajstić information content (AvgIpc) is 3.37. The van der Waals surface area contributed by atoms with Gasteiger partial charge in [0, 0.05) is 17.3 Å². The van der Waals surface area contributed by atoms with Crippen LogP contribution in [-0.2, 0) is 6.61 Å². The Kier molecular flexibility index (Phi) is 7.04. The number of ether oxygens (including phenoxy) is 1. The minimum absolute atomic E-state index is 0.109. The Morgan fingerprint density at radius 1 is 0.892 bits per heavy atom. The molecule has 182 valence electrons. The molecule has 0 spiro atoms. The molecular formula is C30H24N4O3. The molecule has 0 aliphatic heterocycles. The van der Waals surface area contributed by atoms with E-state index in [-0.39, 0.29) is 11.3 Å². The molecule has 37 heavy (non-hydrogen) atoms. The normalized spacial score (nSPS) is 10.9. The molecular weight excluding hydrogens is 464 g/mol. The molecule has 0 bridgehead atoms. The number of aromatic hydroxyl groups is 1. The summed E-state index contributed by atoms with van der Waals surface area (Å²) in [6, 6.07) is 33.7. The topological polar surface area (TPSA) is 88.7 Å². The van der Waals surface area contributed by atoms with E-state index in [9.17, 15) is 9.90 Å². The Labute approximate surface area is 214 Å². The lowest BCUT2D eigenvalue weighted by Crippen LogP contribution is -2.17. The molecule has 0 aliphatic carbocycles. The second-order valence-electron chi connectivity index (χ2n) is 8.23. The van der Waals surface area contributed by atoms with E-state index in [4.69, 9.17) is 9.84 Å². The molecule has 0 fully saturated rings. The predicted octanol–water partition coefficient (Wildman–Crippen LogP) is 5.59. The number of phenols is 1. The van der Waals surface area contributed by atoms with E-state index < -0.39 is 5.91 Å². The lowest BCUT2D eigenvalue weighted by atomic mass is 10.1. The number of nitrogens with one attached hydrogen (secondary N) is 1. The van der Waals surface area contributed by atoms with Gasteiger partial charge in [0.25, 0.3) is 5.91 Å². The minimum atomic E-state index is -0.508. The van der Waals surface area contributed by atoms with Crippen LogP contribution in [0.3, 0.4) is 0 Å². The highest BCUT2D eigenvalue weighted by Gasteiger charge is 2.13. The van der Waals surface area contributed by atoms with E-state index in [1.807, 2.05) is 91.1 Å². The zero-order valence-electron chi connectivity index (χ0n) is 19.9. The SMILES string of the molecule is O=C(N/N=C\c1cn(-c2ccccc2)nc1-c1ccc(OCc2ccccc2)cc1)c1ccccc1O. The fraction of sp³-hybridized carbons (Fsp3) is 0.0333. The number of aromatic nitrogens is 2. The van der Waals surface area contributed by atoms with E-state index in [1.54, 1.807) is 23.0 Å². The van der Waals surface area contributed by atoms with Crippen LogP contribution in [0, 0.1) is 0 Å². The van der Waals surface area contributed by atoms with E-state index in [2.05, 4.69) is 10.5 Å². The van der Waals surface area contributed by atoms with Crippen molar-refractivity contribution < 1.29 is 14.6 Å². The summed E-state index contributed by atoms with van der Waals surface area (Å²) in [5.74, 6) is 0.133. The molecule has 0 unspecified atom stereocenters. The zero-order valence-corrected chi connectivity index (χ0v) is 19.9. The van der Waals surface area contributed by atoms with Crippen LogP contribution in [0.1, 0.15) is 21.5 Å². The van der Waals surface area contributed by atoms with Gasteiger partial charge in [-0.3, -0.25) is 4.79 Å². The molecule has 0 radical (unpaired) electrons. The van der Waals surface area contributed by atoms with Gasteiger partial charge in [-0.15, -0.1) is 0 Å². The van der Waals surface area contributed by atoms with Crippen molar-refractivity contribution in [2.24, 2.45) is 5.10 Å². The van der Waals surface area contributed by atoms with Gasteiger partial charge in [0.2, 0.25) is 0 Å². The van der Waals surface area contributed by atoms with Crippen LogP contribution >= 0.6 is 0 Å². The molecule has 4 aromatic carbocycles. The first-order valence-corrected chi connectivity index (χ1v) is 11.7. The molecule has 5 rings (SSSR count). The van der Waals surface area contributed by atoms with Gasteiger partial charge in [0.05, 0.1) is 17.5 Å². The number of para-hydroxylation sites is 2. The number of rotatable bonds is 8. The van der Waals surface area contributed by atoms with Crippen LogP contribution in [-0.4, -0.2) is 27.0 Å². The standard InChI is InChI=1S/C30H24N4O3/c35-28-14-8-7-13-27(28)30(36)32-31-19-24-20-34(25-11-5-2-6-12-25)33-29(24)23-15-17-26(18-16-23)37-21-22-9-3-1-4-10-22/h1-20,35H,21H2,(H,32,36)/b31-19-. The zero-order chi connectivity index (χ0) is 25.5. The second-order valence-corrected chi connectivity index (χ2v) is 8.23. The molecule has 0 aliphatic rings. The van der Waals surface area contributed by atoms with Crippen molar-refractivity contribution in [3.63, 3.8) is 0 Å². The van der Waals surface area contributed by atoms with Gasteiger partial charge in [-0.05, 0) is 54.1 Å². The summed E-state index contributed by atoms with van der Waals surface area (Å²) in [5, 5.41) is 18.8. The van der Waals surface area contributed by atoms with Crippen LogP contribution < -0.4 is 10.2 Å². The number of hydrazone groups is 1. The van der Waals surface area contributed by atoms with Crippen LogP contribution in [0.2, 0.25) is 0 Å². The van der Waals surface area contributed by atoms with E-state index in [0.717, 1.165) is 22.6 Å². The number of benzene rings is 4. The monoisotopic (exact) mass is 488 g/mol. The maximum Gasteiger partial charge on any atom is 0.275 e. The summed E-state index contributed by atoms with van der Waals surface area (Å²) in [5.41, 5.74) is 6.88. The number of amides is 1. The first kappa shape index (κ1) is 23.6. The van der Waals surface area contributed by atoms with Crippen LogP contribution in [0.15, 0.2) is 120 Å². The van der Waals surface area contributed by atoms with Gasteiger partial charge >= 0.3 is 0 Å². The fourth-order valence-electron chi connectivity index (χ4n) is 3.76. The molecule has 7 heteroatoms. The van der Waals surface area contributed by atoms with Crippen molar-refractivity contribution in [2.75, 3.05) is 0 Å². The number of hydrogen-bond acceptors (Lipinski definition) is 5. The van der Waals surface area contributed by atoms with Crippen molar-refractivity contribution in [1.29, 1.82) is 0 Å². The Morgan fingerprint density at radius 2 is 1.57 bits per heavy atom. The average molecular weight is 489 g/mol. The van der Waals surface area contributed by atoms with Crippen molar-refractivity contribution in [2.45, 2.75) is 6.61 Å². The number of carbonyl (C=O) groups is 1. The number of phenolic OH excluding ortho intramolecular Hbond substituents is 1. The summed E-state index contributed by atoms with van der Waals surface area (Å²) < 4.78 is 7.68. The molecule has 7 nitrogen and oxygen atoms in total. The highest BCUT2D eigenvalue weighted by molar-refractivity contribution is 5.97. The van der Waals surface area contributed by atoms with Gasteiger partial charge in [0.1, 0.15) is 23.8 Å². The number of hydrogen-bond donors (Lipinski definition) is 2. The fourth-order valence-corrected chi connectivity index (χ4v) is 3.76. The largest absolute Gasteiger partial charge is 0.507 e. The second kappa shape index (κ2) is 11.0. The van der Waals surface area contributed by atoms with Crippen molar-refractivity contribution in [1.82, 2.24) is 15.2 Å². The Hall–Kier alpha value is -5.17. The smallest absolute Gasteiger partial charge is 0.275 e. The maximum atomic E-state index is 12.4. The number of nitrogens with zero attached hydrogens (tertiary/aromatic N) is 3. The Bertz CT molecular complexity index is 1510. The maximum absolute atomic E-state index is 12.4. The van der Waals surface area contributed by atoms with Gasteiger partial charge in [-0.25, -0.2) is 10.1 Å². The van der Waals surface area contributed by atoms with Gasteiger partial charge in [-0.2, -0.15) is 10.2 Å². The van der Waals surface area contributed by atoms with E-state index in [1.165, 1.54) is 12.1 Å². The first-order chi connectivity index (χ1) is 18.2. The van der Waals surface area contributed by atoms with Gasteiger partial charge in [-0.1, -0.05) is 60.7 Å². The molecule has 1 aromatic heterocycles. The van der Waals surface area contributed by atoms with E-state index >= 15 is 0 Å². The summed E-state index contributed by atoms with van der Waals surface area (Å²) >= 11 is 0. The van der Waals surface area contributed by atoms with Crippen LogP contribution in [0.25, 0.3) is 16.9 Å². The molecule has 0 atom stereocenters. The molecule has 1 heterocycles. The molecule has 0 saturated carbocycles. The third-order valence-electron chi connectivity index (χ3n) is 5.66. The van der Waals surface area contributed by atoms with Gasteiger partial charge < -0.3 is 9.84 Å². The third kappa shape index (κ3) is 5.74. The highest BCUT2D eigenvalue weighted by atomic mass is 16.5. The van der Waals surface area contributed by atoms with Gasteiger partial charge in [0.15, 0.2) is 0 Å². The lowest BCUT2D eigenvalue weighted by Gasteiger charge is -2.07. The van der Waals surface area contributed by atoms with Crippen molar-refractivity contribution >= 4 is 12.1 Å². The Morgan fingerprint density at radius 3 is 2.30 bits per heavy atom. The van der Waals surface area contributed by atoms with Crippen molar-refractivity contribution in [3.8, 4) is 28.4 Å². The van der Waals surface area contributed by atoms with Crippen LogP contribution in [0.5, 0.6) is 11.5 Å². The molecule has 5 aromatic rings. The minimum Gasteiger partial charge on any atom is -0.507 e. The quantitative estimate of drug-likeness (QED) is 0.220. The van der Waals surface area contributed by atoms with Crippen molar-refractivity contribution in [3.05, 3.63) is 132 Å². The van der Waals surface area contributed by atoms with Crippen LogP contribution in [0.4, 0.5) is 0 Å². The highest BCUT2D eigenvalue weighted by Crippen LogP contribution is 2.25. The molecule has 2 N–H and O–H groups in total. The number of carbonyl (C=O) groups excluding carboxylic acids is 1. The van der Waals surface area contributed by atoms with E-state index in [0.29, 0.717) is 17.9 Å². The summed E-state index contributed by atoms with van der Waals surface area (Å²) in [6.45, 7) is 0.484. The lowest BCUT2D eigenvalue weighted by molar-refractivity contribution is 0.0952. The first-order valence-electron chi connectivity index (χ1n) is 11.7. The Balaban J connectivity index is 1.38. The molecule has 0 saturated heterocycles. The molecule has 1 amide bonds. The summed E-state index contributed by atoms with van der Waals surface area (Å²) in [6.07, 6.45) is 3.39. The summed E-state index contributed by atoms with van der Waals surface area (Å²) in [7, 11) is 0. The third-order valence-corrected chi connectivity index (χ3v) is 5.66.